The summed E-state index contributed by atoms with van der Waals surface area (Å²) in [6.07, 6.45) is 3.04. The van der Waals surface area contributed by atoms with Gasteiger partial charge in [0, 0.05) is 17.8 Å². The molecule has 3 heterocycles. The van der Waals surface area contributed by atoms with Gasteiger partial charge in [-0.15, -0.1) is 0 Å². The number of aromatic nitrogens is 2. The molecule has 8 nitrogen and oxygen atoms in total. The van der Waals surface area contributed by atoms with Crippen LogP contribution in [0, 0.1) is 12.7 Å². The zero-order valence-corrected chi connectivity index (χ0v) is 15.9. The van der Waals surface area contributed by atoms with Crippen LogP contribution in [0.5, 0.6) is 11.6 Å². The van der Waals surface area contributed by atoms with Gasteiger partial charge in [0.25, 0.3) is 5.89 Å². The SMILES string of the molecule is Cc1oc(-c2ccco2)nc1CO/N=C(/N)c1ccc(Oc2ccc(F)cc2)nc1. The van der Waals surface area contributed by atoms with Crippen LogP contribution in [-0.4, -0.2) is 15.8 Å². The van der Waals surface area contributed by atoms with Crippen molar-refractivity contribution in [2.24, 2.45) is 10.9 Å². The largest absolute Gasteiger partial charge is 0.459 e. The second-order valence-corrected chi connectivity index (χ2v) is 6.19. The summed E-state index contributed by atoms with van der Waals surface area (Å²) in [6.45, 7) is 1.85. The fourth-order valence-electron chi connectivity index (χ4n) is 2.50. The van der Waals surface area contributed by atoms with E-state index in [0.29, 0.717) is 40.3 Å². The third-order valence-corrected chi connectivity index (χ3v) is 4.06. The number of rotatable bonds is 7. The number of ether oxygens (including phenoxy) is 1. The van der Waals surface area contributed by atoms with E-state index in [1.807, 2.05) is 0 Å². The van der Waals surface area contributed by atoms with Crippen molar-refractivity contribution in [1.82, 2.24) is 9.97 Å². The Bertz CT molecular complexity index is 1140. The topological polar surface area (TPSA) is 109 Å². The van der Waals surface area contributed by atoms with Crippen molar-refractivity contribution in [1.29, 1.82) is 0 Å². The number of nitrogens with zero attached hydrogens (tertiary/aromatic N) is 3. The smallest absolute Gasteiger partial charge is 0.263 e. The van der Waals surface area contributed by atoms with Crippen molar-refractivity contribution >= 4 is 5.84 Å². The summed E-state index contributed by atoms with van der Waals surface area (Å²) < 4.78 is 29.3. The van der Waals surface area contributed by atoms with E-state index >= 15 is 0 Å². The lowest BCUT2D eigenvalue weighted by molar-refractivity contribution is 0.127. The summed E-state index contributed by atoms with van der Waals surface area (Å²) in [5.74, 6) is 2.10. The van der Waals surface area contributed by atoms with E-state index < -0.39 is 0 Å². The molecule has 0 amide bonds. The van der Waals surface area contributed by atoms with Gasteiger partial charge in [0.05, 0.1) is 6.26 Å². The monoisotopic (exact) mass is 408 g/mol. The highest BCUT2D eigenvalue weighted by atomic mass is 19.1. The molecule has 3 aromatic heterocycles. The lowest BCUT2D eigenvalue weighted by Crippen LogP contribution is -2.14. The first kappa shape index (κ1) is 19.2. The van der Waals surface area contributed by atoms with Crippen LogP contribution >= 0.6 is 0 Å². The number of aryl methyl sites for hydroxylation is 1. The maximum atomic E-state index is 12.9. The van der Waals surface area contributed by atoms with Crippen molar-refractivity contribution in [3.8, 4) is 23.3 Å². The number of furan rings is 1. The van der Waals surface area contributed by atoms with Crippen LogP contribution in [0.15, 0.2) is 75.0 Å². The number of halogens is 1. The maximum absolute atomic E-state index is 12.9. The van der Waals surface area contributed by atoms with Gasteiger partial charge in [-0.05, 0) is 49.4 Å². The van der Waals surface area contributed by atoms with E-state index in [4.69, 9.17) is 24.1 Å². The van der Waals surface area contributed by atoms with Crippen LogP contribution in [0.25, 0.3) is 11.7 Å². The zero-order valence-electron chi connectivity index (χ0n) is 15.9. The Morgan fingerprint density at radius 2 is 2.00 bits per heavy atom. The first-order valence-electron chi connectivity index (χ1n) is 8.94. The number of oxime groups is 1. The number of benzene rings is 1. The predicted octanol–water partition coefficient (Wildman–Crippen LogP) is 4.41. The quantitative estimate of drug-likeness (QED) is 0.274. The molecule has 0 spiro atoms. The summed E-state index contributed by atoms with van der Waals surface area (Å²) in [6, 6.07) is 12.4. The first-order chi connectivity index (χ1) is 14.6. The second-order valence-electron chi connectivity index (χ2n) is 6.19. The van der Waals surface area contributed by atoms with E-state index in [9.17, 15) is 4.39 Å². The van der Waals surface area contributed by atoms with Gasteiger partial charge in [-0.2, -0.15) is 0 Å². The summed E-state index contributed by atoms with van der Waals surface area (Å²) >= 11 is 0. The molecule has 4 aromatic rings. The maximum Gasteiger partial charge on any atom is 0.263 e. The Labute approximate surface area is 170 Å². The van der Waals surface area contributed by atoms with E-state index in [0.717, 1.165) is 0 Å². The van der Waals surface area contributed by atoms with E-state index in [1.54, 1.807) is 37.5 Å². The molecule has 0 aliphatic carbocycles. The highest BCUT2D eigenvalue weighted by Gasteiger charge is 2.14. The van der Waals surface area contributed by atoms with Crippen molar-refractivity contribution < 1.29 is 22.8 Å². The molecule has 152 valence electrons. The number of pyridine rings is 1. The van der Waals surface area contributed by atoms with E-state index in [2.05, 4.69) is 15.1 Å². The summed E-state index contributed by atoms with van der Waals surface area (Å²) in [4.78, 5) is 13.8. The van der Waals surface area contributed by atoms with Gasteiger partial charge < -0.3 is 24.1 Å². The molecule has 0 saturated heterocycles. The van der Waals surface area contributed by atoms with Crippen LogP contribution in [0.1, 0.15) is 17.0 Å². The summed E-state index contributed by atoms with van der Waals surface area (Å²) in [7, 11) is 0. The van der Waals surface area contributed by atoms with Crippen LogP contribution in [-0.2, 0) is 11.4 Å². The van der Waals surface area contributed by atoms with Gasteiger partial charge >= 0.3 is 0 Å². The van der Waals surface area contributed by atoms with Gasteiger partial charge in [-0.1, -0.05) is 5.16 Å². The van der Waals surface area contributed by atoms with Crippen molar-refractivity contribution in [3.05, 3.63) is 83.8 Å². The van der Waals surface area contributed by atoms with Crippen molar-refractivity contribution in [3.63, 3.8) is 0 Å². The molecule has 0 bridgehead atoms. The molecular weight excluding hydrogens is 391 g/mol. The molecule has 2 N–H and O–H groups in total. The Balaban J connectivity index is 1.36. The van der Waals surface area contributed by atoms with Gasteiger partial charge in [-0.25, -0.2) is 14.4 Å². The minimum absolute atomic E-state index is 0.0793. The van der Waals surface area contributed by atoms with Crippen molar-refractivity contribution in [2.45, 2.75) is 13.5 Å². The van der Waals surface area contributed by atoms with E-state index in [1.165, 1.54) is 30.5 Å². The van der Waals surface area contributed by atoms with E-state index in [-0.39, 0.29) is 18.3 Å². The second kappa shape index (κ2) is 8.48. The van der Waals surface area contributed by atoms with Gasteiger partial charge in [0.2, 0.25) is 5.88 Å². The fourth-order valence-corrected chi connectivity index (χ4v) is 2.50. The number of amidine groups is 1. The van der Waals surface area contributed by atoms with Crippen LogP contribution < -0.4 is 10.5 Å². The van der Waals surface area contributed by atoms with Gasteiger partial charge in [0.1, 0.15) is 23.0 Å². The van der Waals surface area contributed by atoms with Gasteiger partial charge in [0.15, 0.2) is 18.2 Å². The Hall–Kier alpha value is -4.14. The minimum Gasteiger partial charge on any atom is -0.459 e. The number of hydrogen-bond donors (Lipinski definition) is 1. The molecule has 0 radical (unpaired) electrons. The number of hydrogen-bond acceptors (Lipinski definition) is 7. The number of oxazole rings is 1. The fraction of sp³-hybridized carbons (Fsp3) is 0.0952. The minimum atomic E-state index is -0.340. The highest BCUT2D eigenvalue weighted by molar-refractivity contribution is 5.96. The molecule has 0 fully saturated rings. The predicted molar refractivity (Wildman–Crippen MR) is 105 cm³/mol. The number of nitrogens with two attached hydrogens (primary N) is 1. The third kappa shape index (κ3) is 4.46. The molecule has 0 unspecified atom stereocenters. The average molecular weight is 408 g/mol. The zero-order chi connectivity index (χ0) is 20.9. The molecule has 9 heteroatoms. The first-order valence-corrected chi connectivity index (χ1v) is 8.94. The lowest BCUT2D eigenvalue weighted by Gasteiger charge is -2.05. The Morgan fingerprint density at radius 1 is 1.17 bits per heavy atom. The molecule has 0 aliphatic heterocycles. The molecule has 0 aliphatic rings. The molecule has 0 atom stereocenters. The normalized spacial score (nSPS) is 11.5. The molecule has 1 aromatic carbocycles. The Morgan fingerprint density at radius 3 is 2.70 bits per heavy atom. The van der Waals surface area contributed by atoms with Crippen LogP contribution in [0.2, 0.25) is 0 Å². The van der Waals surface area contributed by atoms with Crippen LogP contribution in [0.4, 0.5) is 4.39 Å². The Kier molecular flexibility index (Phi) is 5.42. The summed E-state index contributed by atoms with van der Waals surface area (Å²) in [5, 5.41) is 3.89. The third-order valence-electron chi connectivity index (χ3n) is 4.06. The standard InChI is InChI=1S/C21H17FN4O4/c1-13-17(25-21(29-13)18-3-2-10-27-18)12-28-26-20(23)14-4-9-19(24-11-14)30-16-7-5-15(22)6-8-16/h2-11H,12H2,1H3,(H2,23,26). The van der Waals surface area contributed by atoms with Gasteiger partial charge in [-0.3, -0.25) is 0 Å². The average Bonchev–Trinajstić information content (AvgIpc) is 3.40. The van der Waals surface area contributed by atoms with Crippen molar-refractivity contribution in [2.75, 3.05) is 0 Å². The summed E-state index contributed by atoms with van der Waals surface area (Å²) in [5.41, 5.74) is 7.08. The highest BCUT2D eigenvalue weighted by Crippen LogP contribution is 2.22. The molecule has 0 saturated carbocycles. The van der Waals surface area contributed by atoms with Crippen LogP contribution in [0.3, 0.4) is 0 Å². The molecule has 4 rings (SSSR count). The molecular formula is C21H17FN4O4. The molecule has 30 heavy (non-hydrogen) atoms. The lowest BCUT2D eigenvalue weighted by atomic mass is 10.3.